The summed E-state index contributed by atoms with van der Waals surface area (Å²) in [6, 6.07) is 0. The zero-order valence-electron chi connectivity index (χ0n) is 14.5. The lowest BCUT2D eigenvalue weighted by Gasteiger charge is -1.95. The highest BCUT2D eigenvalue weighted by molar-refractivity contribution is 5.68. The highest BCUT2D eigenvalue weighted by Gasteiger charge is 1.97. The maximum Gasteiger partial charge on any atom is 0.342 e. The van der Waals surface area contributed by atoms with Gasteiger partial charge in [0, 0.05) is 0 Å². The number of rotatable bonds is 14. The quantitative estimate of drug-likeness (QED) is 0.137. The lowest BCUT2D eigenvalue weighted by Crippen LogP contribution is -1.98. The van der Waals surface area contributed by atoms with Crippen molar-refractivity contribution in [3.63, 3.8) is 0 Å². The molecular weight excluding hydrogens is 288 g/mol. The highest BCUT2D eigenvalue weighted by atomic mass is 17.1. The third-order valence-corrected chi connectivity index (χ3v) is 3.36. The van der Waals surface area contributed by atoms with Gasteiger partial charge in [0.05, 0.1) is 6.42 Å². The normalized spacial score (nSPS) is 12.3. The SMILES string of the molecule is CCCCCCC/C=C/CC/C=C/C=C/C=C/CCC(=O)OO. The average molecular weight is 320 g/mol. The number of carbonyl (C=O) groups excluding carboxylic acids is 1. The molecule has 23 heavy (non-hydrogen) atoms. The average Bonchev–Trinajstić information content (AvgIpc) is 2.57. The standard InChI is InChI=1S/C20H32O3/c1-2-3-4-5-6-7-8-9-10-11-12-13-14-15-16-17-18-19-20(21)23-22/h8-9,12-17,22H,2-7,10-11,18-19H2,1H3/b9-8+,13-12+,15-14+,17-16+. The van der Waals surface area contributed by atoms with Crippen molar-refractivity contribution in [3.05, 3.63) is 48.6 Å². The minimum absolute atomic E-state index is 0.196. The Morgan fingerprint density at radius 2 is 1.39 bits per heavy atom. The molecule has 0 rings (SSSR count). The minimum atomic E-state index is -0.604. The lowest BCUT2D eigenvalue weighted by atomic mass is 10.1. The largest absolute Gasteiger partial charge is 0.342 e. The Balaban J connectivity index is 3.44. The molecule has 0 unspecified atom stereocenters. The van der Waals surface area contributed by atoms with Crippen LogP contribution in [0.15, 0.2) is 48.6 Å². The van der Waals surface area contributed by atoms with Gasteiger partial charge in [-0.2, -0.15) is 5.26 Å². The highest BCUT2D eigenvalue weighted by Crippen LogP contribution is 2.06. The van der Waals surface area contributed by atoms with Crippen molar-refractivity contribution in [2.45, 2.75) is 71.1 Å². The van der Waals surface area contributed by atoms with Gasteiger partial charge in [0.2, 0.25) is 0 Å². The van der Waals surface area contributed by atoms with Crippen LogP contribution in [-0.2, 0) is 9.68 Å². The van der Waals surface area contributed by atoms with Gasteiger partial charge < -0.3 is 4.89 Å². The number of hydrogen-bond donors (Lipinski definition) is 1. The summed E-state index contributed by atoms with van der Waals surface area (Å²) in [6.07, 6.45) is 27.3. The Labute approximate surface area is 141 Å². The van der Waals surface area contributed by atoms with Gasteiger partial charge in [-0.15, -0.1) is 0 Å². The molecule has 0 aromatic heterocycles. The van der Waals surface area contributed by atoms with Crippen molar-refractivity contribution in [2.24, 2.45) is 0 Å². The van der Waals surface area contributed by atoms with E-state index < -0.39 is 5.97 Å². The van der Waals surface area contributed by atoms with Gasteiger partial charge in [-0.25, -0.2) is 4.79 Å². The molecular formula is C20H32O3. The molecule has 0 bridgehead atoms. The molecule has 3 heteroatoms. The summed E-state index contributed by atoms with van der Waals surface area (Å²) in [4.78, 5) is 14.2. The van der Waals surface area contributed by atoms with Crippen LogP contribution in [-0.4, -0.2) is 11.2 Å². The molecule has 3 nitrogen and oxygen atoms in total. The summed E-state index contributed by atoms with van der Waals surface area (Å²) in [5.41, 5.74) is 0. The van der Waals surface area contributed by atoms with Crippen LogP contribution in [0.4, 0.5) is 0 Å². The van der Waals surface area contributed by atoms with Gasteiger partial charge in [0.1, 0.15) is 0 Å². The van der Waals surface area contributed by atoms with Crippen molar-refractivity contribution >= 4 is 5.97 Å². The van der Waals surface area contributed by atoms with Gasteiger partial charge in [0.15, 0.2) is 0 Å². The molecule has 0 aliphatic heterocycles. The first-order valence-corrected chi connectivity index (χ1v) is 8.78. The lowest BCUT2D eigenvalue weighted by molar-refractivity contribution is -0.234. The Hall–Kier alpha value is -1.61. The van der Waals surface area contributed by atoms with E-state index in [1.807, 2.05) is 30.4 Å². The van der Waals surface area contributed by atoms with Gasteiger partial charge in [-0.3, -0.25) is 0 Å². The molecule has 0 radical (unpaired) electrons. The first kappa shape index (κ1) is 21.4. The van der Waals surface area contributed by atoms with E-state index in [0.717, 1.165) is 12.8 Å². The predicted octanol–water partition coefficient (Wildman–Crippen LogP) is 6.15. The second-order valence-corrected chi connectivity index (χ2v) is 5.49. The molecule has 0 heterocycles. The second-order valence-electron chi connectivity index (χ2n) is 5.49. The maximum absolute atomic E-state index is 10.6. The van der Waals surface area contributed by atoms with Crippen LogP contribution in [0.5, 0.6) is 0 Å². The van der Waals surface area contributed by atoms with E-state index in [1.165, 1.54) is 38.5 Å². The summed E-state index contributed by atoms with van der Waals surface area (Å²) in [7, 11) is 0. The zero-order chi connectivity index (χ0) is 17.0. The summed E-state index contributed by atoms with van der Waals surface area (Å²) in [5, 5.41) is 8.07. The smallest absolute Gasteiger partial charge is 0.301 e. The Morgan fingerprint density at radius 1 is 0.783 bits per heavy atom. The fourth-order valence-electron chi connectivity index (χ4n) is 2.02. The summed E-state index contributed by atoms with van der Waals surface area (Å²) < 4.78 is 0. The monoisotopic (exact) mass is 320 g/mol. The number of allylic oxidation sites excluding steroid dienone is 8. The number of carbonyl (C=O) groups is 1. The molecule has 0 atom stereocenters. The summed E-state index contributed by atoms with van der Waals surface area (Å²) in [5.74, 6) is -0.604. The van der Waals surface area contributed by atoms with Gasteiger partial charge in [-0.05, 0) is 32.1 Å². The van der Waals surface area contributed by atoms with Crippen LogP contribution in [0.2, 0.25) is 0 Å². The third-order valence-electron chi connectivity index (χ3n) is 3.36. The van der Waals surface area contributed by atoms with E-state index in [2.05, 4.69) is 30.0 Å². The topological polar surface area (TPSA) is 46.5 Å². The minimum Gasteiger partial charge on any atom is -0.301 e. The second kappa shape index (κ2) is 18.4. The van der Waals surface area contributed by atoms with E-state index in [4.69, 9.17) is 5.26 Å². The molecule has 0 saturated heterocycles. The molecule has 0 aliphatic carbocycles. The number of unbranched alkanes of at least 4 members (excludes halogenated alkanes) is 6. The fraction of sp³-hybridized carbons (Fsp3) is 0.550. The van der Waals surface area contributed by atoms with Crippen LogP contribution in [0, 0.1) is 0 Å². The Kier molecular flexibility index (Phi) is 17.1. The van der Waals surface area contributed by atoms with Gasteiger partial charge >= 0.3 is 5.97 Å². The van der Waals surface area contributed by atoms with Crippen molar-refractivity contribution in [3.8, 4) is 0 Å². The van der Waals surface area contributed by atoms with Crippen LogP contribution >= 0.6 is 0 Å². The van der Waals surface area contributed by atoms with Crippen molar-refractivity contribution < 1.29 is 14.9 Å². The van der Waals surface area contributed by atoms with Crippen LogP contribution in [0.3, 0.4) is 0 Å². The molecule has 0 aromatic rings. The van der Waals surface area contributed by atoms with E-state index >= 15 is 0 Å². The van der Waals surface area contributed by atoms with Crippen molar-refractivity contribution in [2.75, 3.05) is 0 Å². The third kappa shape index (κ3) is 18.3. The van der Waals surface area contributed by atoms with Crippen LogP contribution < -0.4 is 0 Å². The zero-order valence-corrected chi connectivity index (χ0v) is 14.5. The fourth-order valence-corrected chi connectivity index (χ4v) is 2.02. The van der Waals surface area contributed by atoms with Gasteiger partial charge in [0.25, 0.3) is 0 Å². The molecule has 130 valence electrons. The van der Waals surface area contributed by atoms with E-state index in [0.29, 0.717) is 6.42 Å². The first-order valence-electron chi connectivity index (χ1n) is 8.78. The molecule has 0 aromatic carbocycles. The van der Waals surface area contributed by atoms with Crippen molar-refractivity contribution in [1.29, 1.82) is 0 Å². The first-order chi connectivity index (χ1) is 11.3. The molecule has 0 saturated carbocycles. The maximum atomic E-state index is 10.6. The van der Waals surface area contributed by atoms with Crippen LogP contribution in [0.25, 0.3) is 0 Å². The van der Waals surface area contributed by atoms with E-state index in [9.17, 15) is 4.79 Å². The molecule has 0 spiro atoms. The summed E-state index contributed by atoms with van der Waals surface area (Å²) >= 11 is 0. The van der Waals surface area contributed by atoms with Crippen LogP contribution in [0.1, 0.15) is 71.1 Å². The van der Waals surface area contributed by atoms with Crippen molar-refractivity contribution in [1.82, 2.24) is 0 Å². The molecule has 0 amide bonds. The van der Waals surface area contributed by atoms with Gasteiger partial charge in [-0.1, -0.05) is 81.2 Å². The van der Waals surface area contributed by atoms with E-state index in [-0.39, 0.29) is 6.42 Å². The van der Waals surface area contributed by atoms with E-state index in [1.54, 1.807) is 0 Å². The summed E-state index contributed by atoms with van der Waals surface area (Å²) in [6.45, 7) is 2.25. The number of hydrogen-bond acceptors (Lipinski definition) is 3. The molecule has 1 N–H and O–H groups in total. The molecule has 0 fully saturated rings. The molecule has 0 aliphatic rings. The predicted molar refractivity (Wildman–Crippen MR) is 97.1 cm³/mol. The Bertz CT molecular complexity index is 378. The Morgan fingerprint density at radius 3 is 2.09 bits per heavy atom.